The first-order valence-electron chi connectivity index (χ1n) is 11.5. The number of rotatable bonds is 4. The normalized spacial score (nSPS) is 21.2. The maximum atomic E-state index is 12.8. The van der Waals surface area contributed by atoms with Gasteiger partial charge < -0.3 is 10.6 Å². The molecule has 30 heavy (non-hydrogen) atoms. The number of hydrogen-bond acceptors (Lipinski definition) is 3. The van der Waals surface area contributed by atoms with Crippen molar-refractivity contribution < 1.29 is 4.79 Å². The van der Waals surface area contributed by atoms with E-state index in [0.29, 0.717) is 6.04 Å². The van der Waals surface area contributed by atoms with Gasteiger partial charge in [0.15, 0.2) is 0 Å². The van der Waals surface area contributed by atoms with Gasteiger partial charge in [-0.1, -0.05) is 43.9 Å². The zero-order valence-corrected chi connectivity index (χ0v) is 18.4. The van der Waals surface area contributed by atoms with Gasteiger partial charge in [-0.3, -0.25) is 4.90 Å². The molecule has 1 saturated carbocycles. The number of aryl methyl sites for hydroxylation is 1. The Morgan fingerprint density at radius 2 is 1.73 bits per heavy atom. The van der Waals surface area contributed by atoms with Crippen LogP contribution in [0.5, 0.6) is 0 Å². The highest BCUT2D eigenvalue weighted by atomic mass is 16.2. The summed E-state index contributed by atoms with van der Waals surface area (Å²) in [5.74, 6) is 0. The van der Waals surface area contributed by atoms with Crippen molar-refractivity contribution in [3.05, 3.63) is 41.7 Å². The van der Waals surface area contributed by atoms with Crippen LogP contribution in [0.15, 0.2) is 30.3 Å². The molecule has 6 nitrogen and oxygen atoms in total. The molecule has 2 amide bonds. The van der Waals surface area contributed by atoms with Gasteiger partial charge in [0, 0.05) is 18.6 Å². The molecule has 162 valence electrons. The summed E-state index contributed by atoms with van der Waals surface area (Å²) in [5.41, 5.74) is 3.57. The Balaban J connectivity index is 1.37. The van der Waals surface area contributed by atoms with Gasteiger partial charge in [-0.25, -0.2) is 9.48 Å². The van der Waals surface area contributed by atoms with E-state index in [-0.39, 0.29) is 12.1 Å². The number of benzene rings is 1. The second kappa shape index (κ2) is 9.65. The monoisotopic (exact) mass is 409 g/mol. The number of nitrogens with zero attached hydrogens (tertiary/aromatic N) is 3. The first-order chi connectivity index (χ1) is 14.6. The molecule has 1 aliphatic heterocycles. The van der Waals surface area contributed by atoms with Crippen LogP contribution in [0.3, 0.4) is 0 Å². The van der Waals surface area contributed by atoms with E-state index in [1.54, 1.807) is 0 Å². The highest BCUT2D eigenvalue weighted by molar-refractivity contribution is 5.90. The van der Waals surface area contributed by atoms with Crippen LogP contribution in [-0.2, 0) is 0 Å². The number of para-hydroxylation sites is 1. The smallest absolute Gasteiger partial charge is 0.319 e. The molecule has 1 aromatic carbocycles. The molecule has 2 aromatic rings. The fourth-order valence-corrected chi connectivity index (χ4v) is 5.06. The Morgan fingerprint density at radius 3 is 2.47 bits per heavy atom. The molecule has 1 atom stereocenters. The third-order valence-electron chi connectivity index (χ3n) is 6.66. The number of carbonyl (C=O) groups is 1. The minimum absolute atomic E-state index is 0.124. The molecule has 0 radical (unpaired) electrons. The highest BCUT2D eigenvalue weighted by Gasteiger charge is 2.27. The molecule has 6 heteroatoms. The topological polar surface area (TPSA) is 62.2 Å². The number of hydrogen-bond donors (Lipinski definition) is 2. The predicted molar refractivity (Wildman–Crippen MR) is 121 cm³/mol. The van der Waals surface area contributed by atoms with Crippen molar-refractivity contribution in [2.75, 3.05) is 18.4 Å². The van der Waals surface area contributed by atoms with Gasteiger partial charge in [0.2, 0.25) is 0 Å². The van der Waals surface area contributed by atoms with Crippen LogP contribution in [0.4, 0.5) is 10.5 Å². The molecule has 4 rings (SSSR count). The number of carbonyl (C=O) groups excluding carboxylic acids is 1. The van der Waals surface area contributed by atoms with E-state index in [9.17, 15) is 4.79 Å². The average Bonchev–Trinajstić information content (AvgIpc) is 2.95. The lowest BCUT2D eigenvalue weighted by molar-refractivity contribution is 0.128. The minimum Gasteiger partial charge on any atom is -0.334 e. The van der Waals surface area contributed by atoms with E-state index in [4.69, 9.17) is 0 Å². The molecule has 2 heterocycles. The third-order valence-corrected chi connectivity index (χ3v) is 6.66. The second-order valence-corrected chi connectivity index (χ2v) is 8.87. The number of aromatic nitrogens is 2. The zero-order chi connectivity index (χ0) is 20.9. The Morgan fingerprint density at radius 1 is 1.00 bits per heavy atom. The molecular weight excluding hydrogens is 374 g/mol. The van der Waals surface area contributed by atoms with E-state index in [0.717, 1.165) is 42.1 Å². The highest BCUT2D eigenvalue weighted by Crippen LogP contribution is 2.25. The fourth-order valence-electron chi connectivity index (χ4n) is 5.06. The molecule has 2 fully saturated rings. The standard InChI is InChI=1S/C24H35N5O/c1-18-23(19(2)29(27-18)22-14-8-5-9-15-22)26-24(30)25-20-11-10-16-28(17-20)21-12-6-3-4-7-13-21/h5,8-9,14-15,20-21H,3-4,6-7,10-13,16-17H2,1-2H3,(H2,25,26,30)/t20-/m0/s1. The van der Waals surface area contributed by atoms with Crippen LogP contribution < -0.4 is 10.6 Å². The second-order valence-electron chi connectivity index (χ2n) is 8.87. The molecule has 1 saturated heterocycles. The molecule has 0 bridgehead atoms. The first-order valence-corrected chi connectivity index (χ1v) is 11.5. The third kappa shape index (κ3) is 4.86. The molecule has 1 aliphatic carbocycles. The Hall–Kier alpha value is -2.34. The Bertz CT molecular complexity index is 839. The summed E-state index contributed by atoms with van der Waals surface area (Å²) in [4.78, 5) is 15.4. The van der Waals surface area contributed by atoms with Crippen LogP contribution in [-0.4, -0.2) is 45.9 Å². The van der Waals surface area contributed by atoms with Crippen LogP contribution in [0.25, 0.3) is 5.69 Å². The lowest BCUT2D eigenvalue weighted by atomic mass is 10.00. The molecule has 0 unspecified atom stereocenters. The van der Waals surface area contributed by atoms with Gasteiger partial charge in [0.1, 0.15) is 0 Å². The van der Waals surface area contributed by atoms with Gasteiger partial charge in [0.25, 0.3) is 0 Å². The quantitative estimate of drug-likeness (QED) is 0.713. The Kier molecular flexibility index (Phi) is 6.72. The molecule has 2 aliphatic rings. The molecule has 0 spiro atoms. The first kappa shape index (κ1) is 20.9. The van der Waals surface area contributed by atoms with Crippen molar-refractivity contribution in [1.29, 1.82) is 0 Å². The van der Waals surface area contributed by atoms with E-state index < -0.39 is 0 Å². The largest absolute Gasteiger partial charge is 0.334 e. The van der Waals surface area contributed by atoms with Gasteiger partial charge in [-0.2, -0.15) is 5.10 Å². The van der Waals surface area contributed by atoms with E-state index in [1.165, 1.54) is 45.1 Å². The number of urea groups is 1. The summed E-state index contributed by atoms with van der Waals surface area (Å²) in [5, 5.41) is 10.9. The van der Waals surface area contributed by atoms with Crippen molar-refractivity contribution in [3.63, 3.8) is 0 Å². The Labute approximate surface area is 180 Å². The van der Waals surface area contributed by atoms with E-state index in [1.807, 2.05) is 48.9 Å². The number of likely N-dealkylation sites (tertiary alicyclic amines) is 1. The van der Waals surface area contributed by atoms with E-state index >= 15 is 0 Å². The minimum atomic E-state index is -0.124. The van der Waals surface area contributed by atoms with Gasteiger partial charge in [-0.15, -0.1) is 0 Å². The lowest BCUT2D eigenvalue weighted by Crippen LogP contribution is -2.51. The average molecular weight is 410 g/mol. The van der Waals surface area contributed by atoms with E-state index in [2.05, 4.69) is 20.6 Å². The fraction of sp³-hybridized carbons (Fsp3) is 0.583. The van der Waals surface area contributed by atoms with Crippen LogP contribution in [0, 0.1) is 13.8 Å². The summed E-state index contributed by atoms with van der Waals surface area (Å²) in [6, 6.07) is 10.8. The van der Waals surface area contributed by atoms with Gasteiger partial charge in [-0.05, 0) is 58.2 Å². The summed E-state index contributed by atoms with van der Waals surface area (Å²) in [6.45, 7) is 6.08. The van der Waals surface area contributed by atoms with Crippen molar-refractivity contribution >= 4 is 11.7 Å². The predicted octanol–water partition coefficient (Wildman–Crippen LogP) is 4.80. The van der Waals surface area contributed by atoms with Crippen molar-refractivity contribution in [2.24, 2.45) is 0 Å². The number of amides is 2. The summed E-state index contributed by atoms with van der Waals surface area (Å²) < 4.78 is 1.89. The van der Waals surface area contributed by atoms with Gasteiger partial charge in [0.05, 0.1) is 22.8 Å². The summed E-state index contributed by atoms with van der Waals surface area (Å²) in [6.07, 6.45) is 10.3. The number of nitrogens with one attached hydrogen (secondary N) is 2. The SMILES string of the molecule is Cc1nn(-c2ccccc2)c(C)c1NC(=O)N[C@H]1CCCN(C2CCCCCC2)C1. The zero-order valence-electron chi connectivity index (χ0n) is 18.4. The molecular formula is C24H35N5O. The number of anilines is 1. The van der Waals surface area contributed by atoms with Crippen LogP contribution >= 0.6 is 0 Å². The van der Waals surface area contributed by atoms with Crippen molar-refractivity contribution in [2.45, 2.75) is 77.3 Å². The summed E-state index contributed by atoms with van der Waals surface area (Å²) >= 11 is 0. The van der Waals surface area contributed by atoms with Crippen LogP contribution in [0.2, 0.25) is 0 Å². The maximum Gasteiger partial charge on any atom is 0.319 e. The van der Waals surface area contributed by atoms with Crippen molar-refractivity contribution in [3.8, 4) is 5.69 Å². The number of piperidine rings is 1. The lowest BCUT2D eigenvalue weighted by Gasteiger charge is -2.38. The van der Waals surface area contributed by atoms with Gasteiger partial charge >= 0.3 is 6.03 Å². The van der Waals surface area contributed by atoms with Crippen molar-refractivity contribution in [1.82, 2.24) is 20.0 Å². The van der Waals surface area contributed by atoms with Crippen LogP contribution in [0.1, 0.15) is 62.8 Å². The summed E-state index contributed by atoms with van der Waals surface area (Å²) in [7, 11) is 0. The molecule has 2 N–H and O–H groups in total. The molecule has 1 aromatic heterocycles. The maximum absolute atomic E-state index is 12.8.